The molecule has 3 fully saturated rings. The highest BCUT2D eigenvalue weighted by atomic mass is 32.2. The lowest BCUT2D eigenvalue weighted by Crippen LogP contribution is -2.71. The second-order valence-electron chi connectivity index (χ2n) is 13.0. The lowest BCUT2D eigenvalue weighted by Gasteiger charge is -2.50. The van der Waals surface area contributed by atoms with Gasteiger partial charge in [0.25, 0.3) is 11.8 Å². The molecule has 4 amide bonds. The zero-order chi connectivity index (χ0) is 37.9. The first-order chi connectivity index (χ1) is 26.1. The number of hydrogen-bond acceptors (Lipinski definition) is 13. The summed E-state index contributed by atoms with van der Waals surface area (Å²) in [7, 11) is 0. The Morgan fingerprint density at radius 1 is 1.11 bits per heavy atom. The van der Waals surface area contributed by atoms with Crippen LogP contribution in [0.15, 0.2) is 81.7 Å². The van der Waals surface area contributed by atoms with Gasteiger partial charge in [-0.05, 0) is 85.2 Å². The number of fused-ring (bicyclic) bond motifs is 1. The number of nitrogen functional groups attached to an aromatic ring is 1. The number of β-lactam (4-membered cyclic amide) rings is 1. The van der Waals surface area contributed by atoms with E-state index in [9.17, 15) is 34.2 Å². The van der Waals surface area contributed by atoms with Crippen LogP contribution in [0.5, 0.6) is 5.75 Å². The van der Waals surface area contributed by atoms with Gasteiger partial charge in [0.2, 0.25) is 11.8 Å². The van der Waals surface area contributed by atoms with Crippen molar-refractivity contribution < 1.29 is 39.0 Å². The van der Waals surface area contributed by atoms with E-state index in [2.05, 4.69) is 31.1 Å². The van der Waals surface area contributed by atoms with Gasteiger partial charge < -0.3 is 36.7 Å². The smallest absolute Gasteiger partial charge is 0.352 e. The number of carbonyl (C=O) groups is 5. The molecule has 0 bridgehead atoms. The van der Waals surface area contributed by atoms with Gasteiger partial charge in [-0.1, -0.05) is 5.16 Å². The number of carboxylic acid groups (broad SMARTS) is 1. The Balaban J connectivity index is 1.21. The number of hydrogen-bond donors (Lipinski definition) is 6. The van der Waals surface area contributed by atoms with Gasteiger partial charge in [-0.25, -0.2) is 9.78 Å². The summed E-state index contributed by atoms with van der Waals surface area (Å²) in [5, 5.41) is 33.8. The molecule has 5 heterocycles. The molecule has 3 aromatic rings. The molecule has 7 rings (SSSR count). The lowest BCUT2D eigenvalue weighted by molar-refractivity contribution is -0.150. The minimum absolute atomic E-state index is 0.0251. The molecule has 54 heavy (non-hydrogen) atoms. The number of rotatable bonds is 12. The third kappa shape index (κ3) is 7.52. The predicted molar refractivity (Wildman–Crippen MR) is 199 cm³/mol. The van der Waals surface area contributed by atoms with Gasteiger partial charge in [0.15, 0.2) is 10.8 Å². The number of carboxylic acids is 1. The Morgan fingerprint density at radius 3 is 2.50 bits per heavy atom. The fourth-order valence-corrected chi connectivity index (χ4v) is 8.98. The number of nitrogens with one attached hydrogen (secondary N) is 3. The molecular weight excluding hydrogens is 737 g/mol. The molecule has 2 saturated heterocycles. The summed E-state index contributed by atoms with van der Waals surface area (Å²) in [5.41, 5.74) is 7.43. The minimum atomic E-state index is -1.41. The molecule has 1 aliphatic carbocycles. The van der Waals surface area contributed by atoms with Crippen LogP contribution in [0.2, 0.25) is 0 Å². The molecule has 3 aliphatic heterocycles. The fraction of sp³-hybridized carbons (Fsp3) is 0.333. The molecule has 280 valence electrons. The third-order valence-corrected chi connectivity index (χ3v) is 11.6. The summed E-state index contributed by atoms with van der Waals surface area (Å²) >= 11 is 2.34. The Labute approximate surface area is 316 Å². The molecule has 1 aromatic carbocycles. The first kappa shape index (κ1) is 36.6. The topological polar surface area (TPSA) is 239 Å². The number of aromatic nitrogens is 2. The number of carbonyl (C=O) groups excluding carboxylic acids is 4. The number of phenolic OH excluding ortho intramolecular Hbond substituents is 1. The molecule has 1 saturated carbocycles. The van der Waals surface area contributed by atoms with Crippen molar-refractivity contribution in [1.29, 1.82) is 0 Å². The average Bonchev–Trinajstić information content (AvgIpc) is 3.95. The van der Waals surface area contributed by atoms with Crippen molar-refractivity contribution in [2.75, 3.05) is 23.3 Å². The van der Waals surface area contributed by atoms with E-state index in [1.807, 2.05) is 0 Å². The molecule has 18 heteroatoms. The Kier molecular flexibility index (Phi) is 10.6. The molecule has 3 atom stereocenters. The van der Waals surface area contributed by atoms with Crippen molar-refractivity contribution in [3.05, 3.63) is 87.8 Å². The van der Waals surface area contributed by atoms with Crippen LogP contribution in [-0.2, 0) is 28.8 Å². The number of benzene rings is 1. The number of aromatic hydroxyl groups is 1. The van der Waals surface area contributed by atoms with Crippen LogP contribution in [0.1, 0.15) is 55.7 Å². The molecule has 1 unspecified atom stereocenters. The van der Waals surface area contributed by atoms with Crippen molar-refractivity contribution in [2.24, 2.45) is 5.16 Å². The number of pyridine rings is 1. The SMILES string of the molecule is Nc1nc(C(=NOC2CCCC2)C(=O)N[C@@H]2C(=O)N3C(C(=O)O)=C(C(=C4CCNC4=O)C(CC(=O)Nc4ccc(O)cc4)c4ccncc4)CS[C@H]23)cs1. The van der Waals surface area contributed by atoms with E-state index >= 15 is 0 Å². The highest BCUT2D eigenvalue weighted by Gasteiger charge is 2.55. The van der Waals surface area contributed by atoms with Crippen LogP contribution in [-0.4, -0.2) is 90.2 Å². The second-order valence-corrected chi connectivity index (χ2v) is 15.0. The maximum atomic E-state index is 13.9. The van der Waals surface area contributed by atoms with Gasteiger partial charge in [0, 0.05) is 53.7 Å². The van der Waals surface area contributed by atoms with Crippen molar-refractivity contribution in [3.8, 4) is 5.75 Å². The van der Waals surface area contributed by atoms with Crippen LogP contribution in [0.25, 0.3) is 0 Å². The van der Waals surface area contributed by atoms with Crippen molar-refractivity contribution in [3.63, 3.8) is 0 Å². The zero-order valence-corrected chi connectivity index (χ0v) is 30.3. The number of thioether (sulfide) groups is 1. The van der Waals surface area contributed by atoms with Crippen LogP contribution >= 0.6 is 23.1 Å². The average molecular weight is 773 g/mol. The van der Waals surface area contributed by atoms with E-state index in [1.54, 1.807) is 17.5 Å². The van der Waals surface area contributed by atoms with Crippen molar-refractivity contribution in [2.45, 2.75) is 62.0 Å². The van der Waals surface area contributed by atoms with Crippen molar-refractivity contribution >= 4 is 69.2 Å². The maximum Gasteiger partial charge on any atom is 0.352 e. The van der Waals surface area contributed by atoms with Gasteiger partial charge in [0.05, 0.1) is 0 Å². The molecule has 0 radical (unpaired) electrons. The van der Waals surface area contributed by atoms with E-state index in [0.29, 0.717) is 28.9 Å². The van der Waals surface area contributed by atoms with E-state index in [-0.39, 0.29) is 58.3 Å². The third-order valence-electron chi connectivity index (χ3n) is 9.61. The van der Waals surface area contributed by atoms with Gasteiger partial charge >= 0.3 is 5.97 Å². The first-order valence-corrected chi connectivity index (χ1v) is 19.2. The highest BCUT2D eigenvalue weighted by Crippen LogP contribution is 2.47. The number of amides is 4. The van der Waals surface area contributed by atoms with E-state index in [1.165, 1.54) is 48.4 Å². The molecule has 7 N–H and O–H groups in total. The number of nitrogens with two attached hydrogens (primary N) is 1. The predicted octanol–water partition coefficient (Wildman–Crippen LogP) is 2.86. The standard InChI is InChI=1S/C36H36N8O8S2/c37-36-41-25(17-54-36)28(43-52-21-3-1-2-4-21)32(48)42-29-33(49)44-30(35(50)51)24(16-53-34(29)44)27(22-11-14-39-31(22)47)23(18-9-12-38-13-10-18)15-26(46)40-19-5-7-20(45)8-6-19/h5-10,12-13,17,21,23,29,34,45H,1-4,11,14-16H2,(H2,37,41)(H,39,47)(H,40,46)(H,42,48)(H,50,51)/t23?,29-,34-/m1/s1. The molecular formula is C36H36N8O8S2. The van der Waals surface area contributed by atoms with Crippen LogP contribution in [0.4, 0.5) is 10.8 Å². The fourth-order valence-electron chi connectivity index (χ4n) is 7.06. The number of nitrogens with zero attached hydrogens (tertiary/aromatic N) is 4. The molecule has 4 aliphatic rings. The molecule has 16 nitrogen and oxygen atoms in total. The van der Waals surface area contributed by atoms with Crippen molar-refractivity contribution in [1.82, 2.24) is 25.5 Å². The minimum Gasteiger partial charge on any atom is -0.508 e. The maximum absolute atomic E-state index is 13.9. The number of thiazole rings is 1. The largest absolute Gasteiger partial charge is 0.508 e. The highest BCUT2D eigenvalue weighted by molar-refractivity contribution is 8.00. The second kappa shape index (κ2) is 15.7. The summed E-state index contributed by atoms with van der Waals surface area (Å²) in [4.78, 5) is 82.7. The summed E-state index contributed by atoms with van der Waals surface area (Å²) in [6.45, 7) is 0.307. The number of aliphatic carboxylic acids is 1. The molecule has 0 spiro atoms. The summed E-state index contributed by atoms with van der Waals surface area (Å²) in [6.07, 6.45) is 6.55. The van der Waals surface area contributed by atoms with E-state index in [0.717, 1.165) is 41.9 Å². The summed E-state index contributed by atoms with van der Waals surface area (Å²) < 4.78 is 0. The summed E-state index contributed by atoms with van der Waals surface area (Å²) in [6, 6.07) is 8.21. The normalized spacial score (nSPS) is 21.6. The monoisotopic (exact) mass is 772 g/mol. The number of anilines is 2. The number of phenols is 1. The number of allylic oxidation sites excluding steroid dienone is 1. The van der Waals surface area contributed by atoms with E-state index < -0.39 is 46.9 Å². The summed E-state index contributed by atoms with van der Waals surface area (Å²) in [5.74, 6) is -4.39. The van der Waals surface area contributed by atoms with Crippen LogP contribution in [0.3, 0.4) is 0 Å². The van der Waals surface area contributed by atoms with Gasteiger partial charge in [-0.15, -0.1) is 23.1 Å². The van der Waals surface area contributed by atoms with Crippen LogP contribution in [0, 0.1) is 0 Å². The Morgan fingerprint density at radius 2 is 1.85 bits per heavy atom. The quantitative estimate of drug-likeness (QED) is 0.0513. The lowest BCUT2D eigenvalue weighted by atomic mass is 9.80. The molecule has 2 aromatic heterocycles. The van der Waals surface area contributed by atoms with Crippen LogP contribution < -0.4 is 21.7 Å². The van der Waals surface area contributed by atoms with Gasteiger partial charge in [-0.2, -0.15) is 0 Å². The Hall–Kier alpha value is -5.75. The Bertz CT molecular complexity index is 2080. The van der Waals surface area contributed by atoms with E-state index in [4.69, 9.17) is 10.6 Å². The zero-order valence-electron chi connectivity index (χ0n) is 28.7. The first-order valence-electron chi connectivity index (χ1n) is 17.3. The number of oxime groups is 1. The van der Waals surface area contributed by atoms with Gasteiger partial charge in [0.1, 0.15) is 34.7 Å². The van der Waals surface area contributed by atoms with Gasteiger partial charge in [-0.3, -0.25) is 29.1 Å².